The molecular formula is C23H22F2N6O3S. The molecule has 1 aliphatic rings. The third-order valence-corrected chi connectivity index (χ3v) is 6.94. The van der Waals surface area contributed by atoms with Crippen molar-refractivity contribution < 1.29 is 17.2 Å². The predicted octanol–water partition coefficient (Wildman–Crippen LogP) is 2.50. The van der Waals surface area contributed by atoms with Crippen LogP contribution in [0.15, 0.2) is 53.7 Å². The number of nitrogens with zero attached hydrogens (tertiary/aromatic N) is 5. The van der Waals surface area contributed by atoms with Crippen molar-refractivity contribution in [2.45, 2.75) is 25.1 Å². The first kappa shape index (κ1) is 23.1. The lowest BCUT2D eigenvalue weighted by Gasteiger charge is -2.25. The molecule has 1 fully saturated rings. The van der Waals surface area contributed by atoms with Gasteiger partial charge in [0.05, 0.1) is 30.2 Å². The Morgan fingerprint density at radius 1 is 1.20 bits per heavy atom. The molecule has 0 aliphatic carbocycles. The fraction of sp³-hybridized carbons (Fsp3) is 0.304. The summed E-state index contributed by atoms with van der Waals surface area (Å²) in [5, 5.41) is 4.64. The van der Waals surface area contributed by atoms with Gasteiger partial charge in [0.1, 0.15) is 33.3 Å². The smallest absolute Gasteiger partial charge is 0.253 e. The maximum atomic E-state index is 14.5. The summed E-state index contributed by atoms with van der Waals surface area (Å²) in [6.07, 6.45) is 4.53. The molecule has 0 bridgehead atoms. The molecule has 0 aromatic carbocycles. The molecule has 5 heterocycles. The average Bonchev–Trinajstić information content (AvgIpc) is 3.42. The summed E-state index contributed by atoms with van der Waals surface area (Å²) in [7, 11) is -3.11. The monoisotopic (exact) mass is 500 g/mol. The van der Waals surface area contributed by atoms with Crippen LogP contribution in [0.2, 0.25) is 0 Å². The summed E-state index contributed by atoms with van der Waals surface area (Å²) in [5.74, 6) is -0.186. The van der Waals surface area contributed by atoms with E-state index in [-0.39, 0.29) is 24.3 Å². The molecule has 12 heteroatoms. The molecule has 4 aromatic rings. The van der Waals surface area contributed by atoms with Crippen molar-refractivity contribution in [1.82, 2.24) is 24.6 Å². The number of fused-ring (bicyclic) bond motifs is 1. The maximum absolute atomic E-state index is 14.5. The van der Waals surface area contributed by atoms with Gasteiger partial charge in [0, 0.05) is 30.6 Å². The van der Waals surface area contributed by atoms with E-state index in [0.29, 0.717) is 29.3 Å². The highest BCUT2D eigenvalue weighted by Crippen LogP contribution is 2.35. The Morgan fingerprint density at radius 3 is 2.83 bits per heavy atom. The zero-order valence-corrected chi connectivity index (χ0v) is 19.5. The van der Waals surface area contributed by atoms with Crippen molar-refractivity contribution in [2.75, 3.05) is 23.5 Å². The molecule has 2 atom stereocenters. The highest BCUT2D eigenvalue weighted by atomic mass is 32.2. The number of anilines is 1. The lowest BCUT2D eigenvalue weighted by molar-refractivity contribution is 0.356. The van der Waals surface area contributed by atoms with Crippen LogP contribution in [-0.2, 0) is 16.3 Å². The summed E-state index contributed by atoms with van der Waals surface area (Å²) in [4.78, 5) is 25.1. The Bertz CT molecular complexity index is 1570. The number of hydrogen-bond acceptors (Lipinski definition) is 7. The second-order valence-corrected chi connectivity index (χ2v) is 10.9. The highest BCUT2D eigenvalue weighted by Gasteiger charge is 2.36. The van der Waals surface area contributed by atoms with Crippen molar-refractivity contribution in [3.05, 3.63) is 76.2 Å². The molecule has 182 valence electrons. The number of aryl methyl sites for hydroxylation is 1. The standard InChI is InChI=1S/C23H22F2N6O3S/c1-35(33,34)7-5-14-4-6-26-18(8-14)20-12-27-21-2-3-22(29-31(20)21)30-13-16(25)10-19(30)17-9-15(24)11-28-23(17)32/h2-4,6,8-9,11-12,16,19H,5,7,10,13H2,1H3,(H,28,32)/t16-,19+/m0/s1. The van der Waals surface area contributed by atoms with E-state index in [1.165, 1.54) is 6.26 Å². The fourth-order valence-electron chi connectivity index (χ4n) is 4.32. The van der Waals surface area contributed by atoms with Gasteiger partial charge in [-0.15, -0.1) is 5.10 Å². The minimum Gasteiger partial charge on any atom is -0.345 e. The Balaban J connectivity index is 1.52. The van der Waals surface area contributed by atoms with Gasteiger partial charge in [0.2, 0.25) is 0 Å². The van der Waals surface area contributed by atoms with Crippen LogP contribution in [0.4, 0.5) is 14.6 Å². The lowest BCUT2D eigenvalue weighted by atomic mass is 10.1. The van der Waals surface area contributed by atoms with E-state index >= 15 is 0 Å². The number of sulfone groups is 1. The van der Waals surface area contributed by atoms with E-state index < -0.39 is 33.4 Å². The highest BCUT2D eigenvalue weighted by molar-refractivity contribution is 7.90. The molecule has 4 aromatic heterocycles. The number of H-pyrrole nitrogens is 1. The van der Waals surface area contributed by atoms with Gasteiger partial charge < -0.3 is 9.88 Å². The first-order chi connectivity index (χ1) is 16.7. The van der Waals surface area contributed by atoms with E-state index in [0.717, 1.165) is 17.8 Å². The van der Waals surface area contributed by atoms with Gasteiger partial charge in [-0.25, -0.2) is 26.7 Å². The largest absolute Gasteiger partial charge is 0.345 e. The number of alkyl halides is 1. The predicted molar refractivity (Wildman–Crippen MR) is 126 cm³/mol. The van der Waals surface area contributed by atoms with Crippen LogP contribution in [0.5, 0.6) is 0 Å². The van der Waals surface area contributed by atoms with E-state index in [9.17, 15) is 22.0 Å². The van der Waals surface area contributed by atoms with Gasteiger partial charge in [0.15, 0.2) is 5.65 Å². The molecule has 5 rings (SSSR count). The number of halogens is 2. The minimum atomic E-state index is -3.11. The number of hydrogen-bond donors (Lipinski definition) is 1. The molecule has 0 unspecified atom stereocenters. The Hall–Kier alpha value is -3.67. The number of pyridine rings is 2. The number of imidazole rings is 1. The van der Waals surface area contributed by atoms with Crippen LogP contribution in [0, 0.1) is 5.82 Å². The van der Waals surface area contributed by atoms with Crippen LogP contribution in [-0.4, -0.2) is 57.7 Å². The van der Waals surface area contributed by atoms with Gasteiger partial charge in [-0.1, -0.05) is 0 Å². The van der Waals surface area contributed by atoms with E-state index in [1.54, 1.807) is 46.1 Å². The number of aromatic nitrogens is 5. The van der Waals surface area contributed by atoms with Gasteiger partial charge in [0.25, 0.3) is 5.56 Å². The van der Waals surface area contributed by atoms with E-state index in [1.807, 2.05) is 0 Å². The van der Waals surface area contributed by atoms with Gasteiger partial charge in [-0.3, -0.25) is 9.78 Å². The lowest BCUT2D eigenvalue weighted by Crippen LogP contribution is -2.29. The molecule has 9 nitrogen and oxygen atoms in total. The molecule has 1 aliphatic heterocycles. The van der Waals surface area contributed by atoms with Crippen LogP contribution in [0.25, 0.3) is 17.0 Å². The number of nitrogens with one attached hydrogen (secondary N) is 1. The molecule has 1 saturated heterocycles. The van der Waals surface area contributed by atoms with Crippen LogP contribution in [0.1, 0.15) is 23.6 Å². The SMILES string of the molecule is CS(=O)(=O)CCc1ccnc(-c2cnc3ccc(N4C[C@@H](F)C[C@@H]4c4cc(F)c[nH]c4=O)nn23)c1. The Labute approximate surface area is 199 Å². The normalized spacial score (nSPS) is 18.4. The van der Waals surface area contributed by atoms with Crippen molar-refractivity contribution in [3.8, 4) is 11.4 Å². The molecular weight excluding hydrogens is 478 g/mol. The summed E-state index contributed by atoms with van der Waals surface area (Å²) >= 11 is 0. The van der Waals surface area contributed by atoms with E-state index in [2.05, 4.69) is 20.1 Å². The molecule has 0 saturated carbocycles. The van der Waals surface area contributed by atoms with Gasteiger partial charge in [-0.2, -0.15) is 0 Å². The number of aromatic amines is 1. The van der Waals surface area contributed by atoms with Crippen molar-refractivity contribution in [2.24, 2.45) is 0 Å². The maximum Gasteiger partial charge on any atom is 0.253 e. The van der Waals surface area contributed by atoms with Crippen LogP contribution < -0.4 is 10.5 Å². The average molecular weight is 501 g/mol. The third kappa shape index (κ3) is 4.78. The first-order valence-electron chi connectivity index (χ1n) is 10.9. The molecule has 0 amide bonds. The summed E-state index contributed by atoms with van der Waals surface area (Å²) in [6.45, 7) is 0.00236. The topological polar surface area (TPSA) is 113 Å². The van der Waals surface area contributed by atoms with E-state index in [4.69, 9.17) is 0 Å². The summed E-state index contributed by atoms with van der Waals surface area (Å²) in [6, 6.07) is 7.38. The van der Waals surface area contributed by atoms with Crippen LogP contribution in [0.3, 0.4) is 0 Å². The van der Waals surface area contributed by atoms with Crippen molar-refractivity contribution in [1.29, 1.82) is 0 Å². The summed E-state index contributed by atoms with van der Waals surface area (Å²) < 4.78 is 53.0. The second-order valence-electron chi connectivity index (χ2n) is 8.64. The summed E-state index contributed by atoms with van der Waals surface area (Å²) in [5.41, 5.74) is 2.11. The molecule has 1 N–H and O–H groups in total. The van der Waals surface area contributed by atoms with Gasteiger partial charge in [-0.05, 0) is 42.3 Å². The molecule has 0 radical (unpaired) electrons. The first-order valence-corrected chi connectivity index (χ1v) is 13.0. The Morgan fingerprint density at radius 2 is 2.03 bits per heavy atom. The zero-order valence-electron chi connectivity index (χ0n) is 18.7. The van der Waals surface area contributed by atoms with Crippen molar-refractivity contribution in [3.63, 3.8) is 0 Å². The third-order valence-electron chi connectivity index (χ3n) is 6.00. The van der Waals surface area contributed by atoms with Crippen LogP contribution >= 0.6 is 0 Å². The minimum absolute atomic E-state index is 0.00236. The molecule has 0 spiro atoms. The Kier molecular flexibility index (Phi) is 5.83. The zero-order chi connectivity index (χ0) is 24.7. The number of rotatable bonds is 6. The second kappa shape index (κ2) is 8.84. The van der Waals surface area contributed by atoms with Crippen molar-refractivity contribution >= 4 is 21.3 Å². The fourth-order valence-corrected chi connectivity index (χ4v) is 4.92. The quantitative estimate of drug-likeness (QED) is 0.433. The van der Waals surface area contributed by atoms with Gasteiger partial charge >= 0.3 is 0 Å². The molecule has 35 heavy (non-hydrogen) atoms.